The molecule has 0 bridgehead atoms. The Morgan fingerprint density at radius 2 is 1.81 bits per heavy atom. The minimum atomic E-state index is -4.54. The van der Waals surface area contributed by atoms with Gasteiger partial charge in [0.25, 0.3) is 21.6 Å². The van der Waals surface area contributed by atoms with E-state index in [1.165, 1.54) is 19.1 Å². The van der Waals surface area contributed by atoms with Gasteiger partial charge in [-0.2, -0.15) is 32.9 Å². The SMILES string of the molecule is CCn1c(O)c(C(N)=O)c(C)c(N=Nc2cccc(Nc3nc(F)nc(Nc4cc(S(=O)(=O)O)ccc4Cl)n3)c2)c1=O. The lowest BCUT2D eigenvalue weighted by atomic mass is 10.1. The summed E-state index contributed by atoms with van der Waals surface area (Å²) in [5.74, 6) is -2.10. The van der Waals surface area contributed by atoms with E-state index in [1.807, 2.05) is 0 Å². The molecule has 6 N–H and O–H groups in total. The standard InChI is InChI=1S/C24H21ClFN9O6S/c1-3-35-20(37)17(19(27)36)11(2)18(21(35)38)34-33-13-6-4-5-12(9-13)28-23-30-22(26)31-24(32-23)29-16-10-14(42(39,40)41)7-8-15(16)25/h4-10,37H,3H2,1-2H3,(H2,27,36)(H,39,40,41)(H2,28,29,30,31,32). The lowest BCUT2D eigenvalue weighted by molar-refractivity contribution is 0.0995. The predicted molar refractivity (Wildman–Crippen MR) is 150 cm³/mol. The molecule has 0 unspecified atom stereocenters. The summed E-state index contributed by atoms with van der Waals surface area (Å²) in [5, 5.41) is 23.7. The van der Waals surface area contributed by atoms with E-state index >= 15 is 0 Å². The Morgan fingerprint density at radius 1 is 1.12 bits per heavy atom. The van der Waals surface area contributed by atoms with Crippen molar-refractivity contribution >= 4 is 62.3 Å². The Morgan fingerprint density at radius 3 is 2.45 bits per heavy atom. The molecule has 0 radical (unpaired) electrons. The van der Waals surface area contributed by atoms with Crippen molar-refractivity contribution in [2.75, 3.05) is 10.6 Å². The van der Waals surface area contributed by atoms with Gasteiger partial charge in [0.2, 0.25) is 17.8 Å². The molecule has 218 valence electrons. The van der Waals surface area contributed by atoms with Gasteiger partial charge in [0.1, 0.15) is 5.56 Å². The van der Waals surface area contributed by atoms with Crippen LogP contribution >= 0.6 is 11.6 Å². The largest absolute Gasteiger partial charge is 0.494 e. The van der Waals surface area contributed by atoms with E-state index in [9.17, 15) is 32.1 Å². The minimum Gasteiger partial charge on any atom is -0.494 e. The zero-order valence-electron chi connectivity index (χ0n) is 21.7. The number of nitrogens with one attached hydrogen (secondary N) is 2. The molecule has 2 aromatic carbocycles. The molecule has 15 nitrogen and oxygen atoms in total. The van der Waals surface area contributed by atoms with Crippen molar-refractivity contribution in [2.24, 2.45) is 16.0 Å². The molecule has 1 amide bonds. The summed E-state index contributed by atoms with van der Waals surface area (Å²) in [6.07, 6.45) is -1.19. The lowest BCUT2D eigenvalue weighted by Crippen LogP contribution is -2.25. The quantitative estimate of drug-likeness (QED) is 0.132. The van der Waals surface area contributed by atoms with Gasteiger partial charge in [-0.05, 0) is 50.2 Å². The fourth-order valence-electron chi connectivity index (χ4n) is 3.74. The summed E-state index contributed by atoms with van der Waals surface area (Å²) in [7, 11) is -4.54. The third-order valence-electron chi connectivity index (χ3n) is 5.68. The number of aromatic hydroxyl groups is 1. The topological polar surface area (TPSA) is 227 Å². The van der Waals surface area contributed by atoms with Crippen LogP contribution < -0.4 is 21.9 Å². The second-order valence-electron chi connectivity index (χ2n) is 8.45. The average molecular weight is 618 g/mol. The number of hydrogen-bond donors (Lipinski definition) is 5. The van der Waals surface area contributed by atoms with Crippen LogP contribution in [-0.4, -0.2) is 43.5 Å². The Hall–Kier alpha value is -5.00. The fraction of sp³-hybridized carbons (Fsp3) is 0.125. The smallest absolute Gasteiger partial charge is 0.315 e. The molecule has 0 fully saturated rings. The van der Waals surface area contributed by atoms with Crippen molar-refractivity contribution in [1.29, 1.82) is 0 Å². The van der Waals surface area contributed by atoms with Crippen LogP contribution in [0.2, 0.25) is 5.02 Å². The first-order valence-electron chi connectivity index (χ1n) is 11.8. The number of halogens is 2. The number of amides is 1. The normalized spacial score (nSPS) is 11.5. The maximum absolute atomic E-state index is 14.2. The Bertz CT molecular complexity index is 1920. The third kappa shape index (κ3) is 6.48. The fourth-order valence-corrected chi connectivity index (χ4v) is 4.41. The first kappa shape index (κ1) is 30.0. The Kier molecular flexibility index (Phi) is 8.46. The Balaban J connectivity index is 1.62. The summed E-state index contributed by atoms with van der Waals surface area (Å²) in [5.41, 5.74) is 4.81. The molecule has 2 heterocycles. The van der Waals surface area contributed by atoms with Crippen molar-refractivity contribution in [3.63, 3.8) is 0 Å². The molecule has 42 heavy (non-hydrogen) atoms. The molecule has 0 spiro atoms. The number of carbonyl (C=O) groups excluding carboxylic acids is 1. The highest BCUT2D eigenvalue weighted by Gasteiger charge is 2.22. The van der Waals surface area contributed by atoms with E-state index in [0.717, 1.165) is 16.7 Å². The summed E-state index contributed by atoms with van der Waals surface area (Å²) < 4.78 is 47.3. The van der Waals surface area contributed by atoms with Crippen molar-refractivity contribution in [3.05, 3.63) is 75.0 Å². The third-order valence-corrected chi connectivity index (χ3v) is 6.86. The maximum Gasteiger partial charge on any atom is 0.315 e. The molecule has 2 aromatic heterocycles. The van der Waals surface area contributed by atoms with Gasteiger partial charge in [0.15, 0.2) is 5.69 Å². The number of pyridine rings is 1. The van der Waals surface area contributed by atoms with Crippen LogP contribution in [0.4, 0.5) is 39.0 Å². The zero-order chi connectivity index (χ0) is 30.8. The number of rotatable bonds is 9. The number of carbonyl (C=O) groups is 1. The van der Waals surface area contributed by atoms with Gasteiger partial charge in [0.05, 0.1) is 21.3 Å². The van der Waals surface area contributed by atoms with Crippen molar-refractivity contribution < 1.29 is 27.3 Å². The monoisotopic (exact) mass is 617 g/mol. The molecule has 4 rings (SSSR count). The highest BCUT2D eigenvalue weighted by atomic mass is 35.5. The number of aromatic nitrogens is 4. The lowest BCUT2D eigenvalue weighted by Gasteiger charge is -2.13. The maximum atomic E-state index is 14.2. The van der Waals surface area contributed by atoms with Crippen molar-refractivity contribution in [3.8, 4) is 5.88 Å². The predicted octanol–water partition coefficient (Wildman–Crippen LogP) is 4.11. The zero-order valence-corrected chi connectivity index (χ0v) is 23.3. The van der Waals surface area contributed by atoms with Gasteiger partial charge in [0, 0.05) is 17.8 Å². The second kappa shape index (κ2) is 11.9. The first-order valence-corrected chi connectivity index (χ1v) is 13.6. The number of nitrogens with zero attached hydrogens (tertiary/aromatic N) is 6. The first-order chi connectivity index (χ1) is 19.8. The van der Waals surface area contributed by atoms with Crippen LogP contribution in [0, 0.1) is 13.0 Å². The van der Waals surface area contributed by atoms with E-state index < -0.39 is 38.4 Å². The highest BCUT2D eigenvalue weighted by Crippen LogP contribution is 2.29. The number of benzene rings is 2. The number of azo groups is 1. The van der Waals surface area contributed by atoms with E-state index in [4.69, 9.17) is 17.3 Å². The molecule has 4 aromatic rings. The summed E-state index contributed by atoms with van der Waals surface area (Å²) in [4.78, 5) is 35.3. The molecule has 0 saturated carbocycles. The van der Waals surface area contributed by atoms with Gasteiger partial charge in [-0.3, -0.25) is 18.7 Å². The van der Waals surface area contributed by atoms with E-state index in [1.54, 1.807) is 25.1 Å². The minimum absolute atomic E-state index is 0.0306. The van der Waals surface area contributed by atoms with E-state index in [0.29, 0.717) is 5.69 Å². The molecule has 0 saturated heterocycles. The molecular formula is C24H21ClFN9O6S. The van der Waals surface area contributed by atoms with Crippen LogP contribution in [-0.2, 0) is 16.7 Å². The second-order valence-corrected chi connectivity index (χ2v) is 10.3. The molecule has 0 aliphatic heterocycles. The van der Waals surface area contributed by atoms with Crippen LogP contribution in [0.1, 0.15) is 22.8 Å². The van der Waals surface area contributed by atoms with Gasteiger partial charge in [-0.1, -0.05) is 17.7 Å². The number of anilines is 4. The molecular weight excluding hydrogens is 597 g/mol. The molecule has 0 aliphatic rings. The van der Waals surface area contributed by atoms with Crippen LogP contribution in [0.15, 0.2) is 62.4 Å². The molecule has 18 heteroatoms. The average Bonchev–Trinajstić information content (AvgIpc) is 2.89. The van der Waals surface area contributed by atoms with Crippen LogP contribution in [0.25, 0.3) is 0 Å². The highest BCUT2D eigenvalue weighted by molar-refractivity contribution is 7.85. The van der Waals surface area contributed by atoms with Gasteiger partial charge in [-0.15, -0.1) is 5.11 Å². The van der Waals surface area contributed by atoms with Crippen molar-refractivity contribution in [2.45, 2.75) is 25.3 Å². The number of primary amides is 1. The number of hydrogen-bond acceptors (Lipinski definition) is 12. The Labute approximate surface area is 241 Å². The van der Waals surface area contributed by atoms with E-state index in [-0.39, 0.29) is 51.7 Å². The summed E-state index contributed by atoms with van der Waals surface area (Å²) in [6.45, 7) is 3.04. The number of nitrogens with two attached hydrogens (primary N) is 1. The van der Waals surface area contributed by atoms with Gasteiger partial charge >= 0.3 is 6.08 Å². The van der Waals surface area contributed by atoms with Crippen LogP contribution in [0.5, 0.6) is 5.88 Å². The molecule has 0 aliphatic carbocycles. The summed E-state index contributed by atoms with van der Waals surface area (Å²) in [6, 6.07) is 9.44. The van der Waals surface area contributed by atoms with E-state index in [2.05, 4.69) is 35.8 Å². The van der Waals surface area contributed by atoms with Crippen molar-refractivity contribution in [1.82, 2.24) is 19.5 Å². The van der Waals surface area contributed by atoms with Gasteiger partial charge in [-0.25, -0.2) is 0 Å². The van der Waals surface area contributed by atoms with Gasteiger partial charge < -0.3 is 21.5 Å². The molecule has 0 atom stereocenters. The summed E-state index contributed by atoms with van der Waals surface area (Å²) >= 11 is 6.07. The van der Waals surface area contributed by atoms with Crippen LogP contribution in [0.3, 0.4) is 0 Å².